The Morgan fingerprint density at radius 1 is 1.50 bits per heavy atom. The zero-order chi connectivity index (χ0) is 13.1. The normalized spacial score (nSPS) is 18.6. The van der Waals surface area contributed by atoms with E-state index in [0.717, 1.165) is 35.2 Å². The number of amides is 1. The second-order valence-corrected chi connectivity index (χ2v) is 5.59. The van der Waals surface area contributed by atoms with E-state index in [1.807, 2.05) is 13.0 Å². The molecule has 1 amide bonds. The van der Waals surface area contributed by atoms with E-state index in [0.29, 0.717) is 6.42 Å². The van der Waals surface area contributed by atoms with E-state index in [4.69, 9.17) is 4.74 Å². The fourth-order valence-electron chi connectivity index (χ4n) is 2.09. The molecule has 0 saturated carbocycles. The highest BCUT2D eigenvalue weighted by Crippen LogP contribution is 2.37. The molecular formula is C14H18BrNO2. The standard InChI is InChI=1S/C14H18BrNO2/c1-3-4-5-10-7-11(15)14-12(8-10)16-13(17)6-9(2)18-14/h7-9H,3-6H2,1-2H3,(H,16,17). The predicted octanol–water partition coefficient (Wildman–Crippen LogP) is 3.90. The van der Waals surface area contributed by atoms with Crippen LogP contribution in [0, 0.1) is 0 Å². The highest BCUT2D eigenvalue weighted by Gasteiger charge is 2.21. The lowest BCUT2D eigenvalue weighted by Gasteiger charge is -2.14. The van der Waals surface area contributed by atoms with Crippen molar-refractivity contribution < 1.29 is 9.53 Å². The molecule has 1 aromatic rings. The lowest BCUT2D eigenvalue weighted by atomic mass is 10.1. The number of fused-ring (bicyclic) bond motifs is 1. The van der Waals surface area contributed by atoms with Gasteiger partial charge in [0, 0.05) is 0 Å². The Bertz CT molecular complexity index is 459. The second kappa shape index (κ2) is 5.74. The summed E-state index contributed by atoms with van der Waals surface area (Å²) in [7, 11) is 0. The van der Waals surface area contributed by atoms with Gasteiger partial charge in [-0.05, 0) is 53.4 Å². The van der Waals surface area contributed by atoms with Gasteiger partial charge in [-0.3, -0.25) is 4.79 Å². The number of hydrogen-bond acceptors (Lipinski definition) is 2. The maximum Gasteiger partial charge on any atom is 0.228 e. The molecule has 1 unspecified atom stereocenters. The molecule has 0 bridgehead atoms. The summed E-state index contributed by atoms with van der Waals surface area (Å²) in [6.45, 7) is 4.08. The number of ether oxygens (including phenoxy) is 1. The van der Waals surface area contributed by atoms with Gasteiger partial charge in [0.1, 0.15) is 6.10 Å². The molecule has 4 heteroatoms. The summed E-state index contributed by atoms with van der Waals surface area (Å²) in [5, 5.41) is 2.92. The molecule has 1 aliphatic rings. The number of benzene rings is 1. The molecule has 2 rings (SSSR count). The van der Waals surface area contributed by atoms with E-state index in [2.05, 4.69) is 34.2 Å². The van der Waals surface area contributed by atoms with Gasteiger partial charge < -0.3 is 10.1 Å². The van der Waals surface area contributed by atoms with Gasteiger partial charge in [0.15, 0.2) is 5.75 Å². The summed E-state index contributed by atoms with van der Waals surface area (Å²) in [5.41, 5.74) is 2.01. The molecule has 0 aromatic heterocycles. The fourth-order valence-corrected chi connectivity index (χ4v) is 2.69. The molecule has 0 saturated heterocycles. The summed E-state index contributed by atoms with van der Waals surface area (Å²) in [6, 6.07) is 4.10. The van der Waals surface area contributed by atoms with Crippen molar-refractivity contribution in [2.45, 2.75) is 45.6 Å². The summed E-state index contributed by atoms with van der Waals surface area (Å²) >= 11 is 3.53. The molecule has 98 valence electrons. The number of carbonyl (C=O) groups is 1. The molecule has 3 nitrogen and oxygen atoms in total. The van der Waals surface area contributed by atoms with Crippen molar-refractivity contribution in [2.24, 2.45) is 0 Å². The maximum atomic E-state index is 11.7. The maximum absolute atomic E-state index is 11.7. The molecule has 1 atom stereocenters. The molecule has 1 aromatic carbocycles. The second-order valence-electron chi connectivity index (χ2n) is 4.74. The Morgan fingerprint density at radius 3 is 3.00 bits per heavy atom. The highest BCUT2D eigenvalue weighted by atomic mass is 79.9. The van der Waals surface area contributed by atoms with Crippen molar-refractivity contribution in [3.8, 4) is 5.75 Å². The van der Waals surface area contributed by atoms with E-state index in [1.54, 1.807) is 0 Å². The van der Waals surface area contributed by atoms with Crippen LogP contribution in [0.5, 0.6) is 5.75 Å². The molecule has 1 N–H and O–H groups in total. The van der Waals surface area contributed by atoms with Gasteiger partial charge in [0.2, 0.25) is 5.91 Å². The van der Waals surface area contributed by atoms with Gasteiger partial charge in [-0.2, -0.15) is 0 Å². The molecule has 0 fully saturated rings. The minimum Gasteiger partial charge on any atom is -0.487 e. The molecule has 0 radical (unpaired) electrons. The van der Waals surface area contributed by atoms with Crippen molar-refractivity contribution in [2.75, 3.05) is 5.32 Å². The molecule has 0 spiro atoms. The minimum absolute atomic E-state index is 0.0146. The van der Waals surface area contributed by atoms with Gasteiger partial charge in [0.25, 0.3) is 0 Å². The van der Waals surface area contributed by atoms with Gasteiger partial charge >= 0.3 is 0 Å². The van der Waals surface area contributed by atoms with Crippen LogP contribution in [-0.4, -0.2) is 12.0 Å². The number of hydrogen-bond donors (Lipinski definition) is 1. The van der Waals surface area contributed by atoms with Crippen molar-refractivity contribution in [3.63, 3.8) is 0 Å². The van der Waals surface area contributed by atoms with Crippen LogP contribution in [-0.2, 0) is 11.2 Å². The first kappa shape index (κ1) is 13.4. The summed E-state index contributed by atoms with van der Waals surface area (Å²) in [6.07, 6.45) is 3.63. The van der Waals surface area contributed by atoms with Crippen LogP contribution in [0.25, 0.3) is 0 Å². The Balaban J connectivity index is 2.33. The van der Waals surface area contributed by atoms with E-state index < -0.39 is 0 Å². The first-order valence-corrected chi connectivity index (χ1v) is 7.18. The molecular weight excluding hydrogens is 294 g/mol. The number of carbonyl (C=O) groups excluding carboxylic acids is 1. The average Bonchev–Trinajstić information content (AvgIpc) is 2.44. The third-order valence-electron chi connectivity index (χ3n) is 2.99. The fraction of sp³-hybridized carbons (Fsp3) is 0.500. The Labute approximate surface area is 116 Å². The first-order chi connectivity index (χ1) is 8.60. The Kier molecular flexibility index (Phi) is 4.27. The van der Waals surface area contributed by atoms with Crippen molar-refractivity contribution in [1.82, 2.24) is 0 Å². The lowest BCUT2D eigenvalue weighted by molar-refractivity contribution is -0.117. The zero-order valence-corrected chi connectivity index (χ0v) is 12.3. The van der Waals surface area contributed by atoms with Crippen LogP contribution in [0.4, 0.5) is 5.69 Å². The van der Waals surface area contributed by atoms with Crippen LogP contribution in [0.15, 0.2) is 16.6 Å². The monoisotopic (exact) mass is 311 g/mol. The number of halogens is 1. The average molecular weight is 312 g/mol. The molecule has 18 heavy (non-hydrogen) atoms. The van der Waals surface area contributed by atoms with Gasteiger partial charge in [0.05, 0.1) is 16.6 Å². The van der Waals surface area contributed by atoms with Crippen molar-refractivity contribution >= 4 is 27.5 Å². The Hall–Kier alpha value is -1.03. The van der Waals surface area contributed by atoms with Gasteiger partial charge in [-0.1, -0.05) is 13.3 Å². The quantitative estimate of drug-likeness (QED) is 0.919. The summed E-state index contributed by atoms with van der Waals surface area (Å²) < 4.78 is 6.70. The van der Waals surface area contributed by atoms with Crippen LogP contribution < -0.4 is 10.1 Å². The van der Waals surface area contributed by atoms with E-state index in [1.165, 1.54) is 5.56 Å². The number of anilines is 1. The van der Waals surface area contributed by atoms with Crippen molar-refractivity contribution in [1.29, 1.82) is 0 Å². The molecule has 1 aliphatic heterocycles. The van der Waals surface area contributed by atoms with Crippen LogP contribution in [0.1, 0.15) is 38.7 Å². The van der Waals surface area contributed by atoms with Gasteiger partial charge in [-0.15, -0.1) is 0 Å². The predicted molar refractivity (Wildman–Crippen MR) is 76.1 cm³/mol. The van der Waals surface area contributed by atoms with Crippen molar-refractivity contribution in [3.05, 3.63) is 22.2 Å². The summed E-state index contributed by atoms with van der Waals surface area (Å²) in [5.74, 6) is 0.759. The van der Waals surface area contributed by atoms with Crippen LogP contribution in [0.3, 0.4) is 0 Å². The topological polar surface area (TPSA) is 38.3 Å². The number of rotatable bonds is 3. The molecule has 0 aliphatic carbocycles. The SMILES string of the molecule is CCCCc1cc(Br)c2c(c1)NC(=O)CC(C)O2. The zero-order valence-electron chi connectivity index (χ0n) is 10.8. The largest absolute Gasteiger partial charge is 0.487 e. The number of aryl methyl sites for hydroxylation is 1. The van der Waals surface area contributed by atoms with E-state index >= 15 is 0 Å². The van der Waals surface area contributed by atoms with Crippen LogP contribution >= 0.6 is 15.9 Å². The van der Waals surface area contributed by atoms with E-state index in [-0.39, 0.29) is 12.0 Å². The number of nitrogens with one attached hydrogen (secondary N) is 1. The smallest absolute Gasteiger partial charge is 0.228 e. The first-order valence-electron chi connectivity index (χ1n) is 6.39. The third kappa shape index (κ3) is 3.05. The van der Waals surface area contributed by atoms with Gasteiger partial charge in [-0.25, -0.2) is 0 Å². The van der Waals surface area contributed by atoms with Crippen LogP contribution in [0.2, 0.25) is 0 Å². The highest BCUT2D eigenvalue weighted by molar-refractivity contribution is 9.10. The Morgan fingerprint density at radius 2 is 2.28 bits per heavy atom. The lowest BCUT2D eigenvalue weighted by Crippen LogP contribution is -2.17. The third-order valence-corrected chi connectivity index (χ3v) is 3.58. The minimum atomic E-state index is -0.0935. The number of unbranched alkanes of at least 4 members (excludes halogenated alkanes) is 1. The summed E-state index contributed by atoms with van der Waals surface area (Å²) in [4.78, 5) is 11.7. The molecule has 1 heterocycles. The van der Waals surface area contributed by atoms with E-state index in [9.17, 15) is 4.79 Å².